The molecule has 6 heteroatoms. The third-order valence-corrected chi connectivity index (χ3v) is 3.33. The lowest BCUT2D eigenvalue weighted by molar-refractivity contribution is -0.136. The van der Waals surface area contributed by atoms with Gasteiger partial charge in [-0.05, 0) is 30.3 Å². The van der Waals surface area contributed by atoms with E-state index in [4.69, 9.17) is 14.2 Å². The van der Waals surface area contributed by atoms with E-state index in [1.54, 1.807) is 18.2 Å². The quantitative estimate of drug-likeness (QED) is 0.438. The second-order valence-corrected chi connectivity index (χ2v) is 4.98. The van der Waals surface area contributed by atoms with Crippen molar-refractivity contribution < 1.29 is 28.2 Å². The van der Waals surface area contributed by atoms with E-state index in [1.165, 1.54) is 44.6 Å². The molecule has 0 atom stereocenters. The SMILES string of the molecule is COc1ccc(/C=C/C(=O)OCC(=O)c2cccc(F)c2)c(OC)c1. The second-order valence-electron chi connectivity index (χ2n) is 4.98. The highest BCUT2D eigenvalue weighted by Gasteiger charge is 2.09. The van der Waals surface area contributed by atoms with Crippen LogP contribution in [0.2, 0.25) is 0 Å². The van der Waals surface area contributed by atoms with Crippen LogP contribution in [0.5, 0.6) is 11.5 Å². The number of hydrogen-bond donors (Lipinski definition) is 0. The van der Waals surface area contributed by atoms with Gasteiger partial charge in [0.05, 0.1) is 14.2 Å². The van der Waals surface area contributed by atoms with Gasteiger partial charge in [0.1, 0.15) is 17.3 Å². The molecule has 0 N–H and O–H groups in total. The van der Waals surface area contributed by atoms with E-state index in [0.29, 0.717) is 17.1 Å². The summed E-state index contributed by atoms with van der Waals surface area (Å²) < 4.78 is 28.3. The number of ether oxygens (including phenoxy) is 3. The first kappa shape index (κ1) is 18.2. The fourth-order valence-corrected chi connectivity index (χ4v) is 2.04. The maximum absolute atomic E-state index is 13.1. The van der Waals surface area contributed by atoms with Gasteiger partial charge in [0.25, 0.3) is 0 Å². The molecule has 2 rings (SSSR count). The highest BCUT2D eigenvalue weighted by atomic mass is 19.1. The van der Waals surface area contributed by atoms with E-state index < -0.39 is 24.2 Å². The number of halogens is 1. The molecule has 0 fully saturated rings. The number of hydrogen-bond acceptors (Lipinski definition) is 5. The Labute approximate surface area is 144 Å². The molecule has 0 saturated heterocycles. The summed E-state index contributed by atoms with van der Waals surface area (Å²) in [5, 5.41) is 0. The Bertz CT molecular complexity index is 798. The number of ketones is 1. The maximum Gasteiger partial charge on any atom is 0.331 e. The number of benzene rings is 2. The molecule has 0 aliphatic rings. The van der Waals surface area contributed by atoms with Crippen molar-refractivity contribution in [3.05, 3.63) is 65.5 Å². The van der Waals surface area contributed by atoms with Gasteiger partial charge in [-0.1, -0.05) is 12.1 Å². The van der Waals surface area contributed by atoms with Crippen LogP contribution in [-0.4, -0.2) is 32.6 Å². The molecule has 0 amide bonds. The lowest BCUT2D eigenvalue weighted by Crippen LogP contribution is -2.12. The number of carbonyl (C=O) groups is 2. The predicted molar refractivity (Wildman–Crippen MR) is 90.3 cm³/mol. The van der Waals surface area contributed by atoms with Gasteiger partial charge < -0.3 is 14.2 Å². The van der Waals surface area contributed by atoms with Crippen LogP contribution in [-0.2, 0) is 9.53 Å². The van der Waals surface area contributed by atoms with Crippen LogP contribution in [0.1, 0.15) is 15.9 Å². The largest absolute Gasteiger partial charge is 0.497 e. The summed E-state index contributed by atoms with van der Waals surface area (Å²) in [5.74, 6) is -0.550. The molecule has 0 aliphatic heterocycles. The summed E-state index contributed by atoms with van der Waals surface area (Å²) in [6, 6.07) is 10.3. The van der Waals surface area contributed by atoms with Gasteiger partial charge in [0.15, 0.2) is 12.4 Å². The molecule has 25 heavy (non-hydrogen) atoms. The minimum absolute atomic E-state index is 0.147. The normalized spacial score (nSPS) is 10.5. The highest BCUT2D eigenvalue weighted by Crippen LogP contribution is 2.25. The van der Waals surface area contributed by atoms with Crippen LogP contribution in [0.25, 0.3) is 6.08 Å². The lowest BCUT2D eigenvalue weighted by Gasteiger charge is -2.07. The van der Waals surface area contributed by atoms with Crippen molar-refractivity contribution in [2.45, 2.75) is 0 Å². The summed E-state index contributed by atoms with van der Waals surface area (Å²) in [5.41, 5.74) is 0.797. The molecule has 130 valence electrons. The third kappa shape index (κ3) is 5.17. The van der Waals surface area contributed by atoms with Gasteiger partial charge in [-0.25, -0.2) is 9.18 Å². The summed E-state index contributed by atoms with van der Waals surface area (Å²) in [7, 11) is 3.04. The average Bonchev–Trinajstić information content (AvgIpc) is 2.64. The summed E-state index contributed by atoms with van der Waals surface area (Å²) in [6.45, 7) is -0.466. The Hall–Kier alpha value is -3.15. The van der Waals surface area contributed by atoms with Gasteiger partial charge in [-0.2, -0.15) is 0 Å². The summed E-state index contributed by atoms with van der Waals surface area (Å²) in [4.78, 5) is 23.6. The Balaban J connectivity index is 1.96. The van der Waals surface area contributed by atoms with Crippen molar-refractivity contribution >= 4 is 17.8 Å². The molecule has 0 heterocycles. The minimum atomic E-state index is -0.692. The topological polar surface area (TPSA) is 61.8 Å². The molecule has 0 aromatic heterocycles. The van der Waals surface area contributed by atoms with E-state index in [0.717, 1.165) is 6.07 Å². The van der Waals surface area contributed by atoms with Crippen LogP contribution in [0.3, 0.4) is 0 Å². The molecule has 0 saturated carbocycles. The minimum Gasteiger partial charge on any atom is -0.497 e. The van der Waals surface area contributed by atoms with Gasteiger partial charge in [0, 0.05) is 23.3 Å². The zero-order chi connectivity index (χ0) is 18.2. The third-order valence-electron chi connectivity index (χ3n) is 3.33. The Morgan fingerprint density at radius 3 is 2.56 bits per heavy atom. The Kier molecular flexibility index (Phi) is 6.28. The summed E-state index contributed by atoms with van der Waals surface area (Å²) in [6.07, 6.45) is 2.69. The molecular weight excluding hydrogens is 327 g/mol. The molecule has 0 spiro atoms. The van der Waals surface area contributed by atoms with E-state index in [2.05, 4.69) is 0 Å². The van der Waals surface area contributed by atoms with Crippen LogP contribution >= 0.6 is 0 Å². The standard InChI is InChI=1S/C19H17FO5/c1-23-16-8-6-13(18(11-16)24-2)7-9-19(22)25-12-17(21)14-4-3-5-15(20)10-14/h3-11H,12H2,1-2H3/b9-7+. The first-order valence-corrected chi connectivity index (χ1v) is 7.39. The van der Waals surface area contributed by atoms with Crippen LogP contribution in [0, 0.1) is 5.82 Å². The van der Waals surface area contributed by atoms with Crippen molar-refractivity contribution in [2.24, 2.45) is 0 Å². The van der Waals surface area contributed by atoms with Gasteiger partial charge >= 0.3 is 5.97 Å². The molecule has 0 bridgehead atoms. The molecule has 0 aliphatic carbocycles. The zero-order valence-corrected chi connectivity index (χ0v) is 13.8. The van der Waals surface area contributed by atoms with Gasteiger partial charge in [-0.15, -0.1) is 0 Å². The van der Waals surface area contributed by atoms with Crippen molar-refractivity contribution in [1.29, 1.82) is 0 Å². The highest BCUT2D eigenvalue weighted by molar-refractivity contribution is 5.98. The average molecular weight is 344 g/mol. The first-order chi connectivity index (χ1) is 12.0. The number of rotatable bonds is 7. The number of methoxy groups -OCH3 is 2. The van der Waals surface area contributed by atoms with E-state index in [9.17, 15) is 14.0 Å². The van der Waals surface area contributed by atoms with E-state index >= 15 is 0 Å². The van der Waals surface area contributed by atoms with Gasteiger partial charge in [-0.3, -0.25) is 4.79 Å². The lowest BCUT2D eigenvalue weighted by atomic mass is 10.1. The Morgan fingerprint density at radius 1 is 1.08 bits per heavy atom. The van der Waals surface area contributed by atoms with E-state index in [1.807, 2.05) is 0 Å². The fraction of sp³-hybridized carbons (Fsp3) is 0.158. The predicted octanol–water partition coefficient (Wildman–Crippen LogP) is 3.28. The summed E-state index contributed by atoms with van der Waals surface area (Å²) >= 11 is 0. The number of esters is 1. The van der Waals surface area contributed by atoms with Gasteiger partial charge in [0.2, 0.25) is 0 Å². The van der Waals surface area contributed by atoms with E-state index in [-0.39, 0.29) is 5.56 Å². The Morgan fingerprint density at radius 2 is 1.88 bits per heavy atom. The molecule has 0 unspecified atom stereocenters. The maximum atomic E-state index is 13.1. The van der Waals surface area contributed by atoms with Crippen LogP contribution in [0.15, 0.2) is 48.5 Å². The fourth-order valence-electron chi connectivity index (χ4n) is 2.04. The molecule has 0 radical (unpaired) electrons. The van der Waals surface area contributed by atoms with Crippen molar-refractivity contribution in [3.63, 3.8) is 0 Å². The number of carbonyl (C=O) groups excluding carboxylic acids is 2. The van der Waals surface area contributed by atoms with Crippen LogP contribution in [0.4, 0.5) is 4.39 Å². The monoisotopic (exact) mass is 344 g/mol. The molecular formula is C19H17FO5. The number of Topliss-reactive ketones (excluding diaryl/α,β-unsaturated/α-hetero) is 1. The molecule has 2 aromatic carbocycles. The van der Waals surface area contributed by atoms with Crippen molar-refractivity contribution in [3.8, 4) is 11.5 Å². The van der Waals surface area contributed by atoms with Crippen molar-refractivity contribution in [2.75, 3.05) is 20.8 Å². The van der Waals surface area contributed by atoms with Crippen LogP contribution < -0.4 is 9.47 Å². The molecule has 2 aromatic rings. The smallest absolute Gasteiger partial charge is 0.331 e. The zero-order valence-electron chi connectivity index (χ0n) is 13.8. The van der Waals surface area contributed by atoms with Crippen molar-refractivity contribution in [1.82, 2.24) is 0 Å². The molecule has 5 nitrogen and oxygen atoms in total. The second kappa shape index (κ2) is 8.63. The first-order valence-electron chi connectivity index (χ1n) is 7.39.